The number of nitrogens with zero attached hydrogens (tertiary/aromatic N) is 1. The van der Waals surface area contributed by atoms with E-state index >= 15 is 0 Å². The zero-order valence-electron chi connectivity index (χ0n) is 9.74. The Labute approximate surface area is 96.1 Å². The minimum Gasteiger partial charge on any atom is -0.350 e. The molecule has 0 unspecified atom stereocenters. The number of fused-ring (bicyclic) bond motifs is 1. The molecule has 2 N–H and O–H groups in total. The van der Waals surface area contributed by atoms with Gasteiger partial charge in [-0.15, -0.1) is 0 Å². The Kier molecular flexibility index (Phi) is 2.08. The van der Waals surface area contributed by atoms with E-state index < -0.39 is 0 Å². The van der Waals surface area contributed by atoms with Crippen molar-refractivity contribution in [3.8, 4) is 0 Å². The highest BCUT2D eigenvalue weighted by molar-refractivity contribution is 5.84. The van der Waals surface area contributed by atoms with Crippen LogP contribution < -0.4 is 5.73 Å². The van der Waals surface area contributed by atoms with Gasteiger partial charge in [0, 0.05) is 13.2 Å². The van der Waals surface area contributed by atoms with Crippen LogP contribution in [0.4, 0.5) is 0 Å². The molecule has 0 amide bonds. The fourth-order valence-electron chi connectivity index (χ4n) is 2.87. The van der Waals surface area contributed by atoms with Crippen molar-refractivity contribution in [1.29, 1.82) is 0 Å². The van der Waals surface area contributed by atoms with Crippen LogP contribution in [0.3, 0.4) is 0 Å². The summed E-state index contributed by atoms with van der Waals surface area (Å²) in [5.74, 6) is 0. The van der Waals surface area contributed by atoms with Crippen LogP contribution in [0, 0.1) is 0 Å². The van der Waals surface area contributed by atoms with Gasteiger partial charge in [-0.1, -0.05) is 18.2 Å². The highest BCUT2D eigenvalue weighted by atomic mass is 14.9. The lowest BCUT2D eigenvalue weighted by molar-refractivity contribution is 0.631. The third-order valence-corrected chi connectivity index (χ3v) is 3.95. The molecule has 1 saturated carbocycles. The minimum atomic E-state index is 0.389. The van der Waals surface area contributed by atoms with E-state index in [1.165, 1.54) is 29.3 Å². The summed E-state index contributed by atoms with van der Waals surface area (Å²) in [6, 6.07) is 8.84. The summed E-state index contributed by atoms with van der Waals surface area (Å²) in [6.45, 7) is 0.792. The average molecular weight is 214 g/mol. The molecule has 84 valence electrons. The number of hydrogen-bond acceptors (Lipinski definition) is 1. The second-order valence-corrected chi connectivity index (χ2v) is 4.99. The lowest BCUT2D eigenvalue weighted by Crippen LogP contribution is -2.14. The van der Waals surface area contributed by atoms with E-state index in [1.54, 1.807) is 0 Å². The van der Waals surface area contributed by atoms with Crippen molar-refractivity contribution in [1.82, 2.24) is 4.57 Å². The third kappa shape index (κ3) is 1.30. The van der Waals surface area contributed by atoms with Gasteiger partial charge in [-0.05, 0) is 48.2 Å². The normalized spacial score (nSPS) is 17.9. The van der Waals surface area contributed by atoms with Crippen LogP contribution in [0.1, 0.15) is 24.8 Å². The molecule has 1 fully saturated rings. The standard InChI is InChI=1S/C14H18N2/c1-16-10-5-11-3-2-4-12(13(11)16)14(6-7-14)8-9-15/h2-5,10H,6-9,15H2,1H3. The van der Waals surface area contributed by atoms with Gasteiger partial charge in [-0.3, -0.25) is 0 Å². The molecule has 0 aliphatic heterocycles. The molecule has 0 atom stereocenters. The lowest BCUT2D eigenvalue weighted by Gasteiger charge is -2.16. The van der Waals surface area contributed by atoms with Crippen molar-refractivity contribution in [2.75, 3.05) is 6.54 Å². The molecular weight excluding hydrogens is 196 g/mol. The Hall–Kier alpha value is -1.28. The summed E-state index contributed by atoms with van der Waals surface area (Å²) >= 11 is 0. The largest absolute Gasteiger partial charge is 0.350 e. The van der Waals surface area contributed by atoms with Crippen molar-refractivity contribution in [3.63, 3.8) is 0 Å². The molecule has 1 aromatic heterocycles. The fourth-order valence-corrected chi connectivity index (χ4v) is 2.87. The second kappa shape index (κ2) is 3.36. The van der Waals surface area contributed by atoms with E-state index in [0.29, 0.717) is 5.41 Å². The molecule has 0 spiro atoms. The van der Waals surface area contributed by atoms with Crippen LogP contribution in [0.25, 0.3) is 10.9 Å². The van der Waals surface area contributed by atoms with Gasteiger partial charge in [0.15, 0.2) is 0 Å². The summed E-state index contributed by atoms with van der Waals surface area (Å²) in [5.41, 5.74) is 9.03. The average Bonchev–Trinajstić information content (AvgIpc) is 2.98. The maximum Gasteiger partial charge on any atom is 0.0515 e. The third-order valence-electron chi connectivity index (χ3n) is 3.95. The van der Waals surface area contributed by atoms with Gasteiger partial charge in [-0.2, -0.15) is 0 Å². The number of nitrogens with two attached hydrogens (primary N) is 1. The van der Waals surface area contributed by atoms with Crippen molar-refractivity contribution >= 4 is 10.9 Å². The number of para-hydroxylation sites is 1. The SMILES string of the molecule is Cn1ccc2cccc(C3(CCN)CC3)c21. The minimum absolute atomic E-state index is 0.389. The number of benzene rings is 1. The molecule has 2 nitrogen and oxygen atoms in total. The summed E-state index contributed by atoms with van der Waals surface area (Å²) in [5, 5.41) is 1.35. The number of hydrogen-bond donors (Lipinski definition) is 1. The smallest absolute Gasteiger partial charge is 0.0515 e. The van der Waals surface area contributed by atoms with Crippen molar-refractivity contribution in [2.45, 2.75) is 24.7 Å². The van der Waals surface area contributed by atoms with Gasteiger partial charge < -0.3 is 10.3 Å². The van der Waals surface area contributed by atoms with E-state index in [2.05, 4.69) is 42.1 Å². The first kappa shape index (κ1) is 9.91. The maximum absolute atomic E-state index is 5.74. The maximum atomic E-state index is 5.74. The Morgan fingerprint density at radius 3 is 2.81 bits per heavy atom. The molecule has 3 rings (SSSR count). The van der Waals surface area contributed by atoms with E-state index in [0.717, 1.165) is 13.0 Å². The Bertz CT molecular complexity index is 521. The first-order valence-corrected chi connectivity index (χ1v) is 6.01. The molecule has 0 saturated heterocycles. The molecule has 1 aliphatic carbocycles. The lowest BCUT2D eigenvalue weighted by atomic mass is 9.91. The predicted molar refractivity (Wildman–Crippen MR) is 67.5 cm³/mol. The van der Waals surface area contributed by atoms with E-state index in [1.807, 2.05) is 0 Å². The van der Waals surface area contributed by atoms with Crippen LogP contribution in [0.15, 0.2) is 30.5 Å². The van der Waals surface area contributed by atoms with Gasteiger partial charge in [0.2, 0.25) is 0 Å². The van der Waals surface area contributed by atoms with Gasteiger partial charge in [0.05, 0.1) is 5.52 Å². The van der Waals surface area contributed by atoms with Gasteiger partial charge >= 0.3 is 0 Å². The highest BCUT2D eigenvalue weighted by Gasteiger charge is 2.44. The molecule has 1 aromatic carbocycles. The molecule has 0 radical (unpaired) electrons. The first-order chi connectivity index (χ1) is 7.77. The summed E-state index contributed by atoms with van der Waals surface area (Å²) in [6.07, 6.45) is 5.87. The fraction of sp³-hybridized carbons (Fsp3) is 0.429. The van der Waals surface area contributed by atoms with Crippen molar-refractivity contribution in [3.05, 3.63) is 36.0 Å². The topological polar surface area (TPSA) is 30.9 Å². The molecule has 1 heterocycles. The molecule has 16 heavy (non-hydrogen) atoms. The molecule has 0 bridgehead atoms. The van der Waals surface area contributed by atoms with Crippen molar-refractivity contribution in [2.24, 2.45) is 12.8 Å². The Balaban J connectivity index is 2.19. The van der Waals surface area contributed by atoms with Crippen LogP contribution in [0.2, 0.25) is 0 Å². The molecular formula is C14H18N2. The quantitative estimate of drug-likeness (QED) is 0.836. The van der Waals surface area contributed by atoms with Crippen LogP contribution in [-0.2, 0) is 12.5 Å². The van der Waals surface area contributed by atoms with Gasteiger partial charge in [0.1, 0.15) is 0 Å². The Morgan fingerprint density at radius 2 is 2.12 bits per heavy atom. The number of rotatable bonds is 3. The second-order valence-electron chi connectivity index (χ2n) is 4.99. The van der Waals surface area contributed by atoms with E-state index in [-0.39, 0.29) is 0 Å². The van der Waals surface area contributed by atoms with Crippen LogP contribution in [0.5, 0.6) is 0 Å². The molecule has 1 aliphatic rings. The highest BCUT2D eigenvalue weighted by Crippen LogP contribution is 2.52. The zero-order chi connectivity index (χ0) is 11.2. The summed E-state index contributed by atoms with van der Waals surface area (Å²) in [7, 11) is 2.13. The van der Waals surface area contributed by atoms with Crippen LogP contribution in [-0.4, -0.2) is 11.1 Å². The summed E-state index contributed by atoms with van der Waals surface area (Å²) in [4.78, 5) is 0. The predicted octanol–water partition coefficient (Wildman–Crippen LogP) is 2.56. The number of aromatic nitrogens is 1. The van der Waals surface area contributed by atoms with Gasteiger partial charge in [0.25, 0.3) is 0 Å². The zero-order valence-corrected chi connectivity index (χ0v) is 9.74. The summed E-state index contributed by atoms with van der Waals surface area (Å²) < 4.78 is 2.24. The van der Waals surface area contributed by atoms with E-state index in [4.69, 9.17) is 5.73 Å². The monoisotopic (exact) mass is 214 g/mol. The van der Waals surface area contributed by atoms with Gasteiger partial charge in [-0.25, -0.2) is 0 Å². The first-order valence-electron chi connectivity index (χ1n) is 6.01. The van der Waals surface area contributed by atoms with E-state index in [9.17, 15) is 0 Å². The van der Waals surface area contributed by atoms with Crippen molar-refractivity contribution < 1.29 is 0 Å². The Morgan fingerprint density at radius 1 is 1.31 bits per heavy atom. The van der Waals surface area contributed by atoms with Crippen LogP contribution >= 0.6 is 0 Å². The number of aryl methyl sites for hydroxylation is 1. The molecule has 2 heteroatoms. The molecule has 2 aromatic rings.